The van der Waals surface area contributed by atoms with E-state index in [-0.39, 0.29) is 30.4 Å². The van der Waals surface area contributed by atoms with Gasteiger partial charge in [0, 0.05) is 37.4 Å². The van der Waals surface area contributed by atoms with E-state index in [1.165, 1.54) is 0 Å². The van der Waals surface area contributed by atoms with Crippen molar-refractivity contribution in [3.05, 3.63) is 29.8 Å². The molecule has 22 heavy (non-hydrogen) atoms. The van der Waals surface area contributed by atoms with Gasteiger partial charge in [-0.3, -0.25) is 9.59 Å². The van der Waals surface area contributed by atoms with Crippen molar-refractivity contribution in [3.63, 3.8) is 0 Å². The van der Waals surface area contributed by atoms with Crippen LogP contribution in [-0.4, -0.2) is 36.8 Å². The average molecular weight is 300 g/mol. The average Bonchev–Trinajstić information content (AvgIpc) is 2.59. The van der Waals surface area contributed by atoms with Gasteiger partial charge in [0.25, 0.3) is 0 Å². The maximum Gasteiger partial charge on any atom is 0.223 e. The zero-order valence-corrected chi connectivity index (χ0v) is 12.7. The van der Waals surface area contributed by atoms with E-state index < -0.39 is 0 Å². The van der Waals surface area contributed by atoms with Gasteiger partial charge in [0.1, 0.15) is 5.75 Å². The topological polar surface area (TPSA) is 70.4 Å². The van der Waals surface area contributed by atoms with Gasteiger partial charge in [0.2, 0.25) is 5.91 Å². The van der Waals surface area contributed by atoms with Crippen LogP contribution in [0, 0.1) is 17.2 Å². The van der Waals surface area contributed by atoms with E-state index in [1.54, 1.807) is 36.3 Å². The van der Waals surface area contributed by atoms with E-state index in [4.69, 9.17) is 10.00 Å². The number of amides is 1. The first-order valence-electron chi connectivity index (χ1n) is 7.48. The molecule has 0 unspecified atom stereocenters. The summed E-state index contributed by atoms with van der Waals surface area (Å²) in [5.74, 6) is 0.630. The highest BCUT2D eigenvalue weighted by molar-refractivity contribution is 5.98. The van der Waals surface area contributed by atoms with Crippen molar-refractivity contribution in [3.8, 4) is 11.8 Å². The van der Waals surface area contributed by atoms with Crippen LogP contribution in [0.3, 0.4) is 0 Å². The van der Waals surface area contributed by atoms with E-state index in [0.29, 0.717) is 24.4 Å². The van der Waals surface area contributed by atoms with Crippen LogP contribution in [0.1, 0.15) is 36.0 Å². The minimum Gasteiger partial charge on any atom is -0.497 e. The lowest BCUT2D eigenvalue weighted by Gasteiger charge is -2.29. The molecular weight excluding hydrogens is 280 g/mol. The first-order chi connectivity index (χ1) is 10.6. The van der Waals surface area contributed by atoms with Gasteiger partial charge in [-0.2, -0.15) is 5.26 Å². The van der Waals surface area contributed by atoms with Crippen LogP contribution in [0.15, 0.2) is 24.3 Å². The molecule has 1 heterocycles. The Morgan fingerprint density at radius 3 is 2.68 bits per heavy atom. The molecule has 1 aliphatic rings. The third kappa shape index (κ3) is 4.08. The number of carbonyl (C=O) groups is 2. The molecule has 1 fully saturated rings. The molecule has 0 N–H and O–H groups in total. The van der Waals surface area contributed by atoms with Crippen LogP contribution in [0.2, 0.25) is 0 Å². The smallest absolute Gasteiger partial charge is 0.223 e. The largest absolute Gasteiger partial charge is 0.497 e. The van der Waals surface area contributed by atoms with Crippen molar-refractivity contribution in [2.24, 2.45) is 5.92 Å². The predicted octanol–water partition coefficient (Wildman–Crippen LogP) is 2.42. The highest BCUT2D eigenvalue weighted by Gasteiger charge is 2.22. The van der Waals surface area contributed by atoms with Gasteiger partial charge >= 0.3 is 0 Å². The van der Waals surface area contributed by atoms with Crippen LogP contribution in [0.25, 0.3) is 0 Å². The van der Waals surface area contributed by atoms with E-state index in [1.807, 2.05) is 0 Å². The number of hydrogen-bond donors (Lipinski definition) is 0. The van der Waals surface area contributed by atoms with Gasteiger partial charge in [-0.25, -0.2) is 0 Å². The number of likely N-dealkylation sites (tertiary alicyclic amines) is 1. The highest BCUT2D eigenvalue weighted by Crippen LogP contribution is 2.18. The summed E-state index contributed by atoms with van der Waals surface area (Å²) in [6.45, 7) is 1.23. The van der Waals surface area contributed by atoms with Gasteiger partial charge in [0.05, 0.1) is 13.2 Å². The Morgan fingerprint density at radius 1 is 1.32 bits per heavy atom. The van der Waals surface area contributed by atoms with Crippen molar-refractivity contribution >= 4 is 11.7 Å². The summed E-state index contributed by atoms with van der Waals surface area (Å²) in [6, 6.07) is 9.20. The molecule has 1 aromatic carbocycles. The Balaban J connectivity index is 1.83. The van der Waals surface area contributed by atoms with Gasteiger partial charge in [-0.1, -0.05) is 12.1 Å². The normalized spacial score (nSPS) is 15.2. The number of nitriles is 1. The molecule has 0 saturated carbocycles. The van der Waals surface area contributed by atoms with E-state index in [9.17, 15) is 9.59 Å². The van der Waals surface area contributed by atoms with E-state index >= 15 is 0 Å². The SMILES string of the molecule is COc1cccc(C(=O)CCC(=O)N2CCC(C#N)CC2)c1. The van der Waals surface area contributed by atoms with Crippen LogP contribution < -0.4 is 4.74 Å². The number of Topliss-reactive ketones (excluding diaryl/α,β-unsaturated/α-hetero) is 1. The number of rotatable bonds is 5. The van der Waals surface area contributed by atoms with Crippen molar-refractivity contribution in [1.29, 1.82) is 5.26 Å². The van der Waals surface area contributed by atoms with Crippen LogP contribution >= 0.6 is 0 Å². The van der Waals surface area contributed by atoms with Crippen LogP contribution in [0.4, 0.5) is 0 Å². The van der Waals surface area contributed by atoms with Gasteiger partial charge in [-0.15, -0.1) is 0 Å². The first-order valence-corrected chi connectivity index (χ1v) is 7.48. The lowest BCUT2D eigenvalue weighted by molar-refractivity contribution is -0.132. The quantitative estimate of drug-likeness (QED) is 0.783. The fraction of sp³-hybridized carbons (Fsp3) is 0.471. The van der Waals surface area contributed by atoms with Crippen molar-refractivity contribution in [1.82, 2.24) is 4.90 Å². The minimum atomic E-state index is -0.0563. The minimum absolute atomic E-state index is 0.00682. The second kappa shape index (κ2) is 7.60. The summed E-state index contributed by atoms with van der Waals surface area (Å²) in [6.07, 6.45) is 1.87. The Bertz CT molecular complexity index is 584. The van der Waals surface area contributed by atoms with Crippen molar-refractivity contribution in [2.75, 3.05) is 20.2 Å². The molecule has 0 radical (unpaired) electrons. The maximum absolute atomic E-state index is 12.1. The highest BCUT2D eigenvalue weighted by atomic mass is 16.5. The zero-order valence-electron chi connectivity index (χ0n) is 12.7. The standard InChI is InChI=1S/C17H20N2O3/c1-22-15-4-2-3-14(11-15)16(20)5-6-17(21)19-9-7-13(12-18)8-10-19/h2-4,11,13H,5-10H2,1H3. The summed E-state index contributed by atoms with van der Waals surface area (Å²) < 4.78 is 5.09. The second-order valence-electron chi connectivity index (χ2n) is 5.44. The fourth-order valence-corrected chi connectivity index (χ4v) is 2.58. The lowest BCUT2D eigenvalue weighted by atomic mass is 9.98. The molecule has 116 valence electrons. The number of benzene rings is 1. The summed E-state index contributed by atoms with van der Waals surface area (Å²) >= 11 is 0. The Labute approximate surface area is 130 Å². The molecule has 1 saturated heterocycles. The second-order valence-corrected chi connectivity index (χ2v) is 5.44. The number of hydrogen-bond acceptors (Lipinski definition) is 4. The summed E-state index contributed by atoms with van der Waals surface area (Å²) in [4.78, 5) is 26.0. The molecule has 0 atom stereocenters. The number of nitrogens with zero attached hydrogens (tertiary/aromatic N) is 2. The Morgan fingerprint density at radius 2 is 2.05 bits per heavy atom. The molecule has 0 aliphatic carbocycles. The molecule has 0 aromatic heterocycles. The molecule has 1 aliphatic heterocycles. The molecular formula is C17H20N2O3. The number of ether oxygens (including phenoxy) is 1. The van der Waals surface area contributed by atoms with Gasteiger partial charge < -0.3 is 9.64 Å². The van der Waals surface area contributed by atoms with Gasteiger partial charge in [-0.05, 0) is 25.0 Å². The Kier molecular flexibility index (Phi) is 5.54. The lowest BCUT2D eigenvalue weighted by Crippen LogP contribution is -2.38. The molecule has 5 nitrogen and oxygen atoms in total. The molecule has 0 bridgehead atoms. The maximum atomic E-state index is 12.1. The zero-order chi connectivity index (χ0) is 15.9. The number of piperidine rings is 1. The summed E-state index contributed by atoms with van der Waals surface area (Å²) in [5.41, 5.74) is 0.565. The molecule has 2 rings (SSSR count). The number of ketones is 1. The molecule has 5 heteroatoms. The van der Waals surface area contributed by atoms with Crippen molar-refractivity contribution in [2.45, 2.75) is 25.7 Å². The third-order valence-electron chi connectivity index (χ3n) is 3.99. The predicted molar refractivity (Wildman–Crippen MR) is 81.5 cm³/mol. The molecule has 1 amide bonds. The molecule has 1 aromatic rings. The van der Waals surface area contributed by atoms with E-state index in [2.05, 4.69) is 6.07 Å². The van der Waals surface area contributed by atoms with E-state index in [0.717, 1.165) is 12.8 Å². The Hall–Kier alpha value is -2.35. The third-order valence-corrected chi connectivity index (χ3v) is 3.99. The monoisotopic (exact) mass is 300 g/mol. The fourth-order valence-electron chi connectivity index (χ4n) is 2.58. The first kappa shape index (κ1) is 16.0. The molecule has 0 spiro atoms. The van der Waals surface area contributed by atoms with Crippen LogP contribution in [0.5, 0.6) is 5.75 Å². The summed E-state index contributed by atoms with van der Waals surface area (Å²) in [7, 11) is 1.55. The number of methoxy groups -OCH3 is 1. The van der Waals surface area contributed by atoms with Crippen LogP contribution in [-0.2, 0) is 4.79 Å². The van der Waals surface area contributed by atoms with Gasteiger partial charge in [0.15, 0.2) is 5.78 Å². The van der Waals surface area contributed by atoms with Crippen molar-refractivity contribution < 1.29 is 14.3 Å². The number of carbonyl (C=O) groups excluding carboxylic acids is 2. The summed E-state index contributed by atoms with van der Waals surface area (Å²) in [5, 5.41) is 8.85.